The Labute approximate surface area is 69.8 Å². The first kappa shape index (κ1) is 8.05. The molecule has 2 N–H and O–H groups in total. The number of hydrogen-bond donors (Lipinski definition) is 1. The van der Waals surface area contributed by atoms with Crippen LogP contribution in [0.4, 0.5) is 0 Å². The van der Waals surface area contributed by atoms with Crippen molar-refractivity contribution in [1.82, 2.24) is 0 Å². The van der Waals surface area contributed by atoms with Gasteiger partial charge in [-0.3, -0.25) is 0 Å². The van der Waals surface area contributed by atoms with Crippen molar-refractivity contribution in [3.63, 3.8) is 0 Å². The van der Waals surface area contributed by atoms with Crippen molar-refractivity contribution in [3.05, 3.63) is 21.3 Å². The Morgan fingerprint density at radius 1 is 1.80 bits per heavy atom. The first-order chi connectivity index (χ1) is 4.75. The Balaban J connectivity index is 2.82. The molecule has 1 aromatic heterocycles. The highest BCUT2D eigenvalue weighted by Crippen LogP contribution is 2.28. The first-order valence-electron chi connectivity index (χ1n) is 3.18. The molecule has 1 atom stereocenters. The van der Waals surface area contributed by atoms with Crippen molar-refractivity contribution >= 4 is 22.9 Å². The third kappa shape index (κ3) is 1.51. The summed E-state index contributed by atoms with van der Waals surface area (Å²) >= 11 is 7.43. The summed E-state index contributed by atoms with van der Waals surface area (Å²) in [5.74, 6) is 0.388. The molecule has 0 amide bonds. The van der Waals surface area contributed by atoms with E-state index in [1.165, 1.54) is 5.56 Å². The molecule has 0 radical (unpaired) electrons. The minimum atomic E-state index is 0.388. The topological polar surface area (TPSA) is 26.0 Å². The Morgan fingerprint density at radius 2 is 2.50 bits per heavy atom. The van der Waals surface area contributed by atoms with Crippen molar-refractivity contribution in [2.45, 2.75) is 12.8 Å². The van der Waals surface area contributed by atoms with Gasteiger partial charge < -0.3 is 5.73 Å². The van der Waals surface area contributed by atoms with Gasteiger partial charge in [-0.2, -0.15) is 0 Å². The smallest absolute Gasteiger partial charge is 0.0963 e. The lowest BCUT2D eigenvalue weighted by molar-refractivity contribution is 0.778. The van der Waals surface area contributed by atoms with Crippen LogP contribution in [-0.4, -0.2) is 6.54 Å². The second kappa shape index (κ2) is 3.37. The Kier molecular flexibility index (Phi) is 2.72. The monoisotopic (exact) mass is 175 g/mol. The van der Waals surface area contributed by atoms with E-state index in [0.29, 0.717) is 12.5 Å². The van der Waals surface area contributed by atoms with Gasteiger partial charge in [0.15, 0.2) is 0 Å². The molecule has 1 aromatic rings. The van der Waals surface area contributed by atoms with E-state index in [-0.39, 0.29) is 0 Å². The maximum atomic E-state index is 5.88. The highest BCUT2D eigenvalue weighted by molar-refractivity contribution is 7.14. The zero-order valence-electron chi connectivity index (χ0n) is 5.80. The van der Waals surface area contributed by atoms with Crippen LogP contribution in [0.25, 0.3) is 0 Å². The van der Waals surface area contributed by atoms with E-state index < -0.39 is 0 Å². The second-order valence-corrected chi connectivity index (χ2v) is 3.80. The van der Waals surface area contributed by atoms with Crippen molar-refractivity contribution < 1.29 is 0 Å². The molecule has 3 heteroatoms. The molecule has 0 saturated heterocycles. The molecule has 10 heavy (non-hydrogen) atoms. The van der Waals surface area contributed by atoms with Crippen LogP contribution in [0, 0.1) is 0 Å². The third-order valence-electron chi connectivity index (χ3n) is 1.53. The minimum Gasteiger partial charge on any atom is -0.330 e. The average molecular weight is 176 g/mol. The van der Waals surface area contributed by atoms with Crippen LogP contribution in [0.1, 0.15) is 18.4 Å². The average Bonchev–Trinajstić information content (AvgIpc) is 2.34. The number of hydrogen-bond acceptors (Lipinski definition) is 2. The summed E-state index contributed by atoms with van der Waals surface area (Å²) in [5, 5.41) is 1.99. The van der Waals surface area contributed by atoms with Crippen molar-refractivity contribution in [1.29, 1.82) is 0 Å². The molecular formula is C7H10ClNS. The molecule has 1 rings (SSSR count). The van der Waals surface area contributed by atoms with Gasteiger partial charge in [0.1, 0.15) is 0 Å². The summed E-state index contributed by atoms with van der Waals surface area (Å²) in [5.41, 5.74) is 6.65. The molecule has 0 saturated carbocycles. The van der Waals surface area contributed by atoms with E-state index in [9.17, 15) is 0 Å². The lowest BCUT2D eigenvalue weighted by atomic mass is 10.1. The normalized spacial score (nSPS) is 13.5. The molecule has 1 nitrogen and oxygen atoms in total. The molecule has 0 bridgehead atoms. The fraction of sp³-hybridized carbons (Fsp3) is 0.429. The van der Waals surface area contributed by atoms with Crippen molar-refractivity contribution in [2.24, 2.45) is 5.73 Å². The zero-order chi connectivity index (χ0) is 7.56. The molecule has 0 spiro atoms. The molecule has 0 aliphatic rings. The van der Waals surface area contributed by atoms with Crippen LogP contribution in [-0.2, 0) is 0 Å². The van der Waals surface area contributed by atoms with E-state index in [2.05, 4.69) is 6.92 Å². The van der Waals surface area contributed by atoms with E-state index in [1.807, 2.05) is 11.4 Å². The summed E-state index contributed by atoms with van der Waals surface area (Å²) in [4.78, 5) is 0. The summed E-state index contributed by atoms with van der Waals surface area (Å²) < 4.78 is 0.873. The highest BCUT2D eigenvalue weighted by Gasteiger charge is 2.07. The molecule has 1 heterocycles. The van der Waals surface area contributed by atoms with Crippen molar-refractivity contribution in [3.8, 4) is 0 Å². The molecule has 0 aliphatic heterocycles. The summed E-state index contributed by atoms with van der Waals surface area (Å²) in [6.45, 7) is 2.74. The van der Waals surface area contributed by atoms with Gasteiger partial charge in [-0.05, 0) is 29.5 Å². The quantitative estimate of drug-likeness (QED) is 0.735. The minimum absolute atomic E-state index is 0.388. The maximum absolute atomic E-state index is 5.88. The molecule has 1 unspecified atom stereocenters. The Morgan fingerprint density at radius 3 is 2.90 bits per heavy atom. The Hall–Kier alpha value is -0.0500. The summed E-state index contributed by atoms with van der Waals surface area (Å²) in [7, 11) is 0. The highest BCUT2D eigenvalue weighted by atomic mass is 35.5. The zero-order valence-corrected chi connectivity index (χ0v) is 7.38. The van der Waals surface area contributed by atoms with Crippen LogP contribution >= 0.6 is 22.9 Å². The molecule has 0 fully saturated rings. The molecular weight excluding hydrogens is 166 g/mol. The van der Waals surface area contributed by atoms with Gasteiger partial charge in [-0.15, -0.1) is 11.3 Å². The predicted molar refractivity (Wildman–Crippen MR) is 46.8 cm³/mol. The fourth-order valence-electron chi connectivity index (χ4n) is 0.786. The second-order valence-electron chi connectivity index (χ2n) is 2.29. The summed E-state index contributed by atoms with van der Waals surface area (Å²) in [6.07, 6.45) is 0. The van der Waals surface area contributed by atoms with E-state index in [1.54, 1.807) is 11.3 Å². The van der Waals surface area contributed by atoms with E-state index in [0.717, 1.165) is 4.34 Å². The summed E-state index contributed by atoms with van der Waals surface area (Å²) in [6, 6.07) is 2.03. The van der Waals surface area contributed by atoms with Gasteiger partial charge in [0.05, 0.1) is 4.34 Å². The third-order valence-corrected chi connectivity index (χ3v) is 2.73. The number of rotatable bonds is 2. The predicted octanol–water partition coefficient (Wildman–Crippen LogP) is 2.46. The van der Waals surface area contributed by atoms with Gasteiger partial charge in [-0.25, -0.2) is 0 Å². The van der Waals surface area contributed by atoms with Crippen LogP contribution in [0.3, 0.4) is 0 Å². The van der Waals surface area contributed by atoms with Crippen LogP contribution in [0.2, 0.25) is 4.34 Å². The number of thiophene rings is 1. The lowest BCUT2D eigenvalue weighted by Gasteiger charge is -2.04. The SMILES string of the molecule is CC(CN)c1ccsc1Cl. The Bertz CT molecular complexity index is 209. The largest absolute Gasteiger partial charge is 0.330 e. The maximum Gasteiger partial charge on any atom is 0.0963 e. The van der Waals surface area contributed by atoms with Gasteiger partial charge in [0.2, 0.25) is 0 Å². The van der Waals surface area contributed by atoms with Gasteiger partial charge in [0.25, 0.3) is 0 Å². The van der Waals surface area contributed by atoms with E-state index in [4.69, 9.17) is 17.3 Å². The standard InChI is InChI=1S/C7H10ClNS/c1-5(4-9)6-2-3-10-7(6)8/h2-3,5H,4,9H2,1H3. The fourth-order valence-corrected chi connectivity index (χ4v) is 1.93. The molecule has 0 aromatic carbocycles. The van der Waals surface area contributed by atoms with Gasteiger partial charge in [-0.1, -0.05) is 18.5 Å². The van der Waals surface area contributed by atoms with E-state index >= 15 is 0 Å². The number of nitrogens with two attached hydrogens (primary N) is 1. The van der Waals surface area contributed by atoms with Crippen LogP contribution in [0.15, 0.2) is 11.4 Å². The van der Waals surface area contributed by atoms with Crippen molar-refractivity contribution in [2.75, 3.05) is 6.54 Å². The van der Waals surface area contributed by atoms with Gasteiger partial charge >= 0.3 is 0 Å². The van der Waals surface area contributed by atoms with Gasteiger partial charge in [0, 0.05) is 0 Å². The van der Waals surface area contributed by atoms with Crippen LogP contribution in [0.5, 0.6) is 0 Å². The molecule has 56 valence electrons. The molecule has 0 aliphatic carbocycles. The van der Waals surface area contributed by atoms with Crippen LogP contribution < -0.4 is 5.73 Å². The lowest BCUT2D eigenvalue weighted by Crippen LogP contribution is -2.07. The first-order valence-corrected chi connectivity index (χ1v) is 4.44. The number of halogens is 1.